The number of sulfone groups is 2. The molecule has 0 radical (unpaired) electrons. The fraction of sp³-hybridized carbons (Fsp3) is 0.100. The van der Waals surface area contributed by atoms with E-state index in [-0.39, 0.29) is 61.7 Å². The van der Waals surface area contributed by atoms with Crippen molar-refractivity contribution in [3.63, 3.8) is 0 Å². The first-order valence-corrected chi connectivity index (χ1v) is 17.7. The van der Waals surface area contributed by atoms with Crippen LogP contribution in [0.5, 0.6) is 0 Å². The second-order valence-electron chi connectivity index (χ2n) is 9.78. The van der Waals surface area contributed by atoms with Gasteiger partial charge in [0, 0.05) is 36.6 Å². The van der Waals surface area contributed by atoms with Gasteiger partial charge in [0.25, 0.3) is 0 Å². The molecular weight excluding hydrogens is 694 g/mol. The average Bonchev–Trinajstić information content (AvgIpc) is 2.97. The molecule has 4 aromatic carbocycles. The minimum Gasteiger partial charge on any atom is -0.542 e. The number of nitrogens with one attached hydrogen (secondary N) is 2. The molecule has 3 amide bonds. The molecule has 14 nitrogen and oxygen atoms in total. The molecule has 0 aliphatic carbocycles. The monoisotopic (exact) mass is 723 g/mol. The molecule has 0 aromatic heterocycles. The predicted octanol–water partition coefficient (Wildman–Crippen LogP) is 0.733. The zero-order valence-electron chi connectivity index (χ0n) is 26.2. The summed E-state index contributed by atoms with van der Waals surface area (Å²) in [6.07, 6.45) is 0. The summed E-state index contributed by atoms with van der Waals surface area (Å²) in [7, 11) is -12.4. The third-order valence-electron chi connectivity index (χ3n) is 5.94. The van der Waals surface area contributed by atoms with E-state index in [0.717, 1.165) is 19.1 Å². The van der Waals surface area contributed by atoms with Crippen molar-refractivity contribution in [3.8, 4) is 0 Å². The van der Waals surface area contributed by atoms with Gasteiger partial charge in [0.15, 0.2) is 0 Å². The third kappa shape index (κ3) is 10.4. The maximum absolute atomic E-state index is 12.7. The Kier molecular flexibility index (Phi) is 13.5. The minimum atomic E-state index is -4.52. The van der Waals surface area contributed by atoms with E-state index in [4.69, 9.17) is 11.5 Å². The van der Waals surface area contributed by atoms with Gasteiger partial charge in [-0.2, -0.15) is 0 Å². The molecule has 0 atom stereocenters. The largest absolute Gasteiger partial charge is 1.00 e. The van der Waals surface area contributed by atoms with E-state index in [9.17, 15) is 39.6 Å². The van der Waals surface area contributed by atoms with Crippen molar-refractivity contribution in [2.45, 2.75) is 45.2 Å². The molecule has 4 aromatic rings. The van der Waals surface area contributed by atoms with E-state index in [1.165, 1.54) is 92.7 Å². The zero-order valence-corrected chi connectivity index (χ0v) is 30.6. The molecule has 0 bridgehead atoms. The Bertz CT molecular complexity index is 2080. The maximum Gasteiger partial charge on any atom is 1.00 e. The summed E-state index contributed by atoms with van der Waals surface area (Å²) in [4.78, 5) is 31.9. The van der Waals surface area contributed by atoms with Gasteiger partial charge >= 0.3 is 29.6 Å². The van der Waals surface area contributed by atoms with Crippen LogP contribution in [0, 0.1) is 0 Å². The number of rotatable bonds is 8. The fourth-order valence-corrected chi connectivity index (χ4v) is 8.19. The van der Waals surface area contributed by atoms with Crippen LogP contribution in [0.15, 0.2) is 115 Å². The molecule has 0 saturated heterocycles. The van der Waals surface area contributed by atoms with Crippen LogP contribution in [-0.2, 0) is 44.1 Å². The number of amides is 3. The Labute approximate surface area is 300 Å². The quantitative estimate of drug-likeness (QED) is 0.146. The summed E-state index contributed by atoms with van der Waals surface area (Å²) in [6.45, 7) is 3.70. The third-order valence-corrected chi connectivity index (χ3v) is 11.1. The SMILES string of the molecule is CC(=O)Nc1ccc(S(=O)(=O)c2ccc(NC(C)=O)cc2)cc1.CC(=O)[N-]S(=O)(=O)c1cc(N)ccc1S(=O)(=O)c1ccc(N)cc1.[Na+]. The van der Waals surface area contributed by atoms with Crippen molar-refractivity contribution in [2.75, 3.05) is 22.1 Å². The van der Waals surface area contributed by atoms with Crippen LogP contribution in [0.4, 0.5) is 22.7 Å². The van der Waals surface area contributed by atoms with Gasteiger partial charge in [-0.25, -0.2) is 25.3 Å². The second kappa shape index (κ2) is 16.2. The smallest absolute Gasteiger partial charge is 0.542 e. The van der Waals surface area contributed by atoms with Crippen LogP contribution in [-0.4, -0.2) is 43.0 Å². The Morgan fingerprint density at radius 2 is 0.917 bits per heavy atom. The number of nitrogens with zero attached hydrogens (tertiary/aromatic N) is 1. The van der Waals surface area contributed by atoms with Crippen molar-refractivity contribution in [3.05, 3.63) is 95.7 Å². The molecule has 0 aliphatic heterocycles. The summed E-state index contributed by atoms with van der Waals surface area (Å²) in [5.41, 5.74) is 12.5. The van der Waals surface area contributed by atoms with Gasteiger partial charge in [-0.15, -0.1) is 0 Å². The van der Waals surface area contributed by atoms with Crippen LogP contribution < -0.4 is 51.7 Å². The van der Waals surface area contributed by atoms with Crippen molar-refractivity contribution in [1.29, 1.82) is 0 Å². The first-order valence-electron chi connectivity index (χ1n) is 13.3. The van der Waals surface area contributed by atoms with Crippen molar-refractivity contribution in [2.24, 2.45) is 0 Å². The Morgan fingerprint density at radius 1 is 0.542 bits per heavy atom. The molecule has 0 heterocycles. The summed E-state index contributed by atoms with van der Waals surface area (Å²) in [6, 6.07) is 20.3. The van der Waals surface area contributed by atoms with Crippen molar-refractivity contribution in [1.82, 2.24) is 0 Å². The fourth-order valence-electron chi connectivity index (χ4n) is 3.92. The number of hydrogen-bond donors (Lipinski definition) is 4. The molecule has 4 rings (SSSR count). The number of carbonyl (C=O) groups is 3. The van der Waals surface area contributed by atoms with Gasteiger partial charge in [0.05, 0.1) is 30.4 Å². The van der Waals surface area contributed by atoms with Gasteiger partial charge in [-0.05, 0) is 97.9 Å². The van der Waals surface area contributed by atoms with Gasteiger partial charge < -0.3 is 31.6 Å². The van der Waals surface area contributed by atoms with E-state index in [1.54, 1.807) is 0 Å². The van der Waals surface area contributed by atoms with Crippen molar-refractivity contribution >= 4 is 70.2 Å². The van der Waals surface area contributed by atoms with Gasteiger partial charge in [0.1, 0.15) is 10.0 Å². The van der Waals surface area contributed by atoms with Gasteiger partial charge in [0.2, 0.25) is 31.5 Å². The number of nitrogen functional groups attached to an aromatic ring is 2. The number of hydrogen-bond acceptors (Lipinski definition) is 11. The van der Waals surface area contributed by atoms with Gasteiger partial charge in [-0.1, -0.05) is 0 Å². The van der Waals surface area contributed by atoms with Crippen molar-refractivity contribution < 1.29 is 69.2 Å². The molecule has 6 N–H and O–H groups in total. The number of nitrogens with two attached hydrogens (primary N) is 2. The molecule has 0 saturated carbocycles. The molecule has 0 fully saturated rings. The van der Waals surface area contributed by atoms with Crippen LogP contribution in [0.2, 0.25) is 0 Å². The topological polar surface area (TPSA) is 244 Å². The molecule has 0 unspecified atom stereocenters. The Morgan fingerprint density at radius 3 is 1.31 bits per heavy atom. The summed E-state index contributed by atoms with van der Waals surface area (Å²) < 4.78 is 78.0. The normalized spacial score (nSPS) is 11.1. The average molecular weight is 724 g/mol. The summed E-state index contributed by atoms with van der Waals surface area (Å²) in [5.74, 6) is -1.43. The summed E-state index contributed by atoms with van der Waals surface area (Å²) >= 11 is 0. The van der Waals surface area contributed by atoms with Crippen LogP contribution in [0.3, 0.4) is 0 Å². The number of anilines is 4. The Hall–Kier alpha value is -4.26. The maximum atomic E-state index is 12.7. The van der Waals surface area contributed by atoms with E-state index in [2.05, 4.69) is 15.4 Å². The first-order chi connectivity index (χ1) is 21.8. The van der Waals surface area contributed by atoms with Crippen LogP contribution >= 0.6 is 0 Å². The molecular formula is C30H30N5NaO9S3. The molecule has 0 aliphatic rings. The summed E-state index contributed by atoms with van der Waals surface area (Å²) in [5, 5.41) is 5.15. The van der Waals surface area contributed by atoms with E-state index >= 15 is 0 Å². The molecule has 0 spiro atoms. The number of carbonyl (C=O) groups excluding carboxylic acids is 3. The van der Waals surface area contributed by atoms with Crippen LogP contribution in [0.1, 0.15) is 20.8 Å². The van der Waals surface area contributed by atoms with Gasteiger partial charge in [-0.3, -0.25) is 9.59 Å². The first kappa shape index (κ1) is 39.9. The molecule has 248 valence electrons. The van der Waals surface area contributed by atoms with Crippen LogP contribution in [0.25, 0.3) is 4.72 Å². The molecule has 18 heteroatoms. The predicted molar refractivity (Wildman–Crippen MR) is 175 cm³/mol. The second-order valence-corrected chi connectivity index (χ2v) is 15.2. The minimum absolute atomic E-state index is 0. The van der Waals surface area contributed by atoms with E-state index < -0.39 is 45.4 Å². The molecule has 48 heavy (non-hydrogen) atoms. The zero-order chi connectivity index (χ0) is 35.2. The number of benzene rings is 4. The number of sulfonamides is 1. The van der Waals surface area contributed by atoms with E-state index in [0.29, 0.717) is 17.1 Å². The Balaban J connectivity index is 0.000000327. The van der Waals surface area contributed by atoms with E-state index in [1.807, 2.05) is 0 Å². The standard InChI is InChI=1S/C16H16N2O4S.C14H15N3O5S2.Na/c1-11(19)17-13-3-7-15(8-4-13)23(21,22)16-9-5-14(6-10-16)18-12(2)20;1-9(18)17-24(21,22)14-8-11(16)4-7-13(14)23(19,20)12-5-2-10(15)3-6-12;/h3-10H,1-2H3,(H,17,19)(H,18,20);2-8H,15-16H2,1H3,(H,17,18);/q;;+1/p-1.